The molecule has 0 bridgehead atoms. The van der Waals surface area contributed by atoms with E-state index in [2.05, 4.69) is 19.2 Å². The Bertz CT molecular complexity index is 512. The third kappa shape index (κ3) is 3.99. The Morgan fingerprint density at radius 2 is 1.86 bits per heavy atom. The third-order valence-electron chi connectivity index (χ3n) is 4.76. The van der Waals surface area contributed by atoms with Gasteiger partial charge in [0.1, 0.15) is 11.6 Å². The zero-order chi connectivity index (χ0) is 16.3. The van der Waals surface area contributed by atoms with Crippen molar-refractivity contribution >= 4 is 5.91 Å². The Morgan fingerprint density at radius 3 is 2.50 bits per heavy atom. The molecule has 4 heteroatoms. The summed E-state index contributed by atoms with van der Waals surface area (Å²) in [5, 5.41) is 3.13. The Labute approximate surface area is 132 Å². The van der Waals surface area contributed by atoms with E-state index in [1.165, 1.54) is 30.7 Å². The minimum Gasteiger partial charge on any atom is -0.478 e. The topological polar surface area (TPSA) is 38.3 Å². The average Bonchev–Trinajstić information content (AvgIpc) is 2.46. The number of carbonyl (C=O) groups is 1. The Balaban J connectivity index is 1.99. The highest BCUT2D eigenvalue weighted by molar-refractivity contribution is 5.85. The van der Waals surface area contributed by atoms with Crippen LogP contribution in [0.4, 0.5) is 4.39 Å². The minimum atomic E-state index is -0.988. The van der Waals surface area contributed by atoms with Gasteiger partial charge in [0.25, 0.3) is 5.91 Å². The molecule has 22 heavy (non-hydrogen) atoms. The summed E-state index contributed by atoms with van der Waals surface area (Å²) in [6.45, 7) is 7.91. The molecule has 0 saturated heterocycles. The van der Waals surface area contributed by atoms with Gasteiger partial charge < -0.3 is 10.1 Å². The summed E-state index contributed by atoms with van der Waals surface area (Å²) in [7, 11) is 0. The molecule has 0 heterocycles. The van der Waals surface area contributed by atoms with Crippen LogP contribution in [0.2, 0.25) is 0 Å². The second-order valence-electron chi connectivity index (χ2n) is 6.91. The second-order valence-corrected chi connectivity index (χ2v) is 6.91. The van der Waals surface area contributed by atoms with Gasteiger partial charge in [-0.15, -0.1) is 0 Å². The van der Waals surface area contributed by atoms with Crippen LogP contribution in [0.5, 0.6) is 5.75 Å². The predicted molar refractivity (Wildman–Crippen MR) is 85.2 cm³/mol. The number of amides is 1. The molecule has 0 aliphatic heterocycles. The van der Waals surface area contributed by atoms with Crippen molar-refractivity contribution in [3.63, 3.8) is 0 Å². The first-order valence-corrected chi connectivity index (χ1v) is 8.05. The SMILES string of the molecule is C[C@H]1[C@H](C)CCC[C@H]1NC(=O)C(C)(C)Oc1ccc(F)cc1. The molecule has 1 N–H and O–H groups in total. The normalized spacial score (nSPS) is 25.6. The number of halogens is 1. The quantitative estimate of drug-likeness (QED) is 0.915. The second kappa shape index (κ2) is 6.67. The van der Waals surface area contributed by atoms with Crippen molar-refractivity contribution in [2.24, 2.45) is 11.8 Å². The summed E-state index contributed by atoms with van der Waals surface area (Å²) in [6, 6.07) is 5.93. The predicted octanol–water partition coefficient (Wildman–Crippen LogP) is 3.92. The van der Waals surface area contributed by atoms with E-state index in [1.807, 2.05) is 0 Å². The monoisotopic (exact) mass is 307 g/mol. The van der Waals surface area contributed by atoms with Crippen molar-refractivity contribution in [3.8, 4) is 5.75 Å². The summed E-state index contributed by atoms with van der Waals surface area (Å²) in [4.78, 5) is 12.5. The summed E-state index contributed by atoms with van der Waals surface area (Å²) >= 11 is 0. The lowest BCUT2D eigenvalue weighted by Gasteiger charge is -2.36. The van der Waals surface area contributed by atoms with Crippen LogP contribution in [0.1, 0.15) is 47.0 Å². The van der Waals surface area contributed by atoms with Gasteiger partial charge in [-0.2, -0.15) is 0 Å². The van der Waals surface area contributed by atoms with E-state index in [-0.39, 0.29) is 17.8 Å². The summed E-state index contributed by atoms with van der Waals surface area (Å²) < 4.78 is 18.7. The standard InChI is InChI=1S/C18H26FNO2/c1-12-6-5-7-16(13(12)2)20-17(21)18(3,4)22-15-10-8-14(19)9-11-15/h8-13,16H,5-7H2,1-4H3,(H,20,21)/t12-,13+,16-/m1/s1. The molecule has 1 aromatic carbocycles. The molecule has 1 saturated carbocycles. The number of carbonyl (C=O) groups excluding carboxylic acids is 1. The highest BCUT2D eigenvalue weighted by Gasteiger charge is 2.35. The molecule has 122 valence electrons. The summed E-state index contributed by atoms with van der Waals surface area (Å²) in [5.41, 5.74) is -0.988. The van der Waals surface area contributed by atoms with Crippen LogP contribution in [-0.4, -0.2) is 17.6 Å². The lowest BCUT2D eigenvalue weighted by Crippen LogP contribution is -2.53. The van der Waals surface area contributed by atoms with E-state index in [0.717, 1.165) is 12.8 Å². The summed E-state index contributed by atoms with van der Waals surface area (Å²) in [5.74, 6) is 1.15. The Kier molecular flexibility index (Phi) is 5.09. The molecule has 3 atom stereocenters. The fraction of sp³-hybridized carbons (Fsp3) is 0.611. The molecule has 0 aromatic heterocycles. The number of ether oxygens (including phenoxy) is 1. The maximum Gasteiger partial charge on any atom is 0.263 e. The largest absolute Gasteiger partial charge is 0.478 e. The van der Waals surface area contributed by atoms with Crippen LogP contribution in [-0.2, 0) is 4.79 Å². The van der Waals surface area contributed by atoms with Gasteiger partial charge >= 0.3 is 0 Å². The van der Waals surface area contributed by atoms with Crippen LogP contribution >= 0.6 is 0 Å². The smallest absolute Gasteiger partial charge is 0.263 e. The van der Waals surface area contributed by atoms with E-state index in [9.17, 15) is 9.18 Å². The van der Waals surface area contributed by atoms with Gasteiger partial charge in [0.05, 0.1) is 0 Å². The van der Waals surface area contributed by atoms with Gasteiger partial charge in [0, 0.05) is 6.04 Å². The number of hydrogen-bond acceptors (Lipinski definition) is 2. The first-order valence-electron chi connectivity index (χ1n) is 8.05. The zero-order valence-corrected chi connectivity index (χ0v) is 13.9. The number of nitrogens with one attached hydrogen (secondary N) is 1. The van der Waals surface area contributed by atoms with Gasteiger partial charge in [-0.1, -0.05) is 26.7 Å². The molecule has 0 unspecified atom stereocenters. The Morgan fingerprint density at radius 1 is 1.23 bits per heavy atom. The lowest BCUT2D eigenvalue weighted by atomic mass is 9.78. The fourth-order valence-corrected chi connectivity index (χ4v) is 2.97. The van der Waals surface area contributed by atoms with E-state index >= 15 is 0 Å². The van der Waals surface area contributed by atoms with E-state index < -0.39 is 5.60 Å². The van der Waals surface area contributed by atoms with E-state index in [4.69, 9.17) is 4.74 Å². The number of benzene rings is 1. The first kappa shape index (κ1) is 16.8. The Hall–Kier alpha value is -1.58. The first-order chi connectivity index (χ1) is 10.3. The van der Waals surface area contributed by atoms with Crippen molar-refractivity contribution < 1.29 is 13.9 Å². The minimum absolute atomic E-state index is 0.122. The molecule has 0 radical (unpaired) electrons. The molecule has 1 aliphatic carbocycles. The van der Waals surface area contributed by atoms with Gasteiger partial charge in [-0.3, -0.25) is 4.79 Å². The maximum absolute atomic E-state index is 12.9. The van der Waals surface area contributed by atoms with Gasteiger partial charge in [0.15, 0.2) is 5.60 Å². The van der Waals surface area contributed by atoms with Crippen molar-refractivity contribution in [3.05, 3.63) is 30.1 Å². The van der Waals surface area contributed by atoms with Crippen LogP contribution in [0.15, 0.2) is 24.3 Å². The maximum atomic E-state index is 12.9. The van der Waals surface area contributed by atoms with Crippen LogP contribution in [0.25, 0.3) is 0 Å². The highest BCUT2D eigenvalue weighted by Crippen LogP contribution is 2.30. The van der Waals surface area contributed by atoms with E-state index in [0.29, 0.717) is 17.6 Å². The van der Waals surface area contributed by atoms with Crippen LogP contribution < -0.4 is 10.1 Å². The molecule has 0 spiro atoms. The highest BCUT2D eigenvalue weighted by atomic mass is 19.1. The van der Waals surface area contributed by atoms with Crippen molar-refractivity contribution in [1.29, 1.82) is 0 Å². The van der Waals surface area contributed by atoms with Crippen LogP contribution in [0, 0.1) is 17.7 Å². The molecular formula is C18H26FNO2. The molecule has 1 fully saturated rings. The lowest BCUT2D eigenvalue weighted by molar-refractivity contribution is -0.135. The van der Waals surface area contributed by atoms with Crippen LogP contribution in [0.3, 0.4) is 0 Å². The fourth-order valence-electron chi connectivity index (χ4n) is 2.97. The van der Waals surface area contributed by atoms with Gasteiger partial charge in [0.2, 0.25) is 0 Å². The molecule has 2 rings (SSSR count). The molecule has 1 aromatic rings. The number of hydrogen-bond donors (Lipinski definition) is 1. The van der Waals surface area contributed by atoms with Gasteiger partial charge in [-0.25, -0.2) is 4.39 Å². The third-order valence-corrected chi connectivity index (χ3v) is 4.76. The van der Waals surface area contributed by atoms with Crippen molar-refractivity contribution in [1.82, 2.24) is 5.32 Å². The summed E-state index contributed by atoms with van der Waals surface area (Å²) in [6.07, 6.45) is 3.39. The zero-order valence-electron chi connectivity index (χ0n) is 13.9. The molecule has 3 nitrogen and oxygen atoms in total. The average molecular weight is 307 g/mol. The van der Waals surface area contributed by atoms with Crippen molar-refractivity contribution in [2.75, 3.05) is 0 Å². The molecule has 1 aliphatic rings. The molecular weight excluding hydrogens is 281 g/mol. The van der Waals surface area contributed by atoms with E-state index in [1.54, 1.807) is 13.8 Å². The van der Waals surface area contributed by atoms with Gasteiger partial charge in [-0.05, 0) is 56.4 Å². The number of rotatable bonds is 4. The molecule has 1 amide bonds. The van der Waals surface area contributed by atoms with Crippen molar-refractivity contribution in [2.45, 2.75) is 58.6 Å².